The minimum absolute atomic E-state index is 0.214. The van der Waals surface area contributed by atoms with Crippen LogP contribution in [0.4, 0.5) is 4.79 Å². The summed E-state index contributed by atoms with van der Waals surface area (Å²) >= 11 is 3.29. The highest BCUT2D eigenvalue weighted by atomic mass is 79.9. The number of nitrogens with one attached hydrogen (secondary N) is 2. The van der Waals surface area contributed by atoms with Gasteiger partial charge in [-0.25, -0.2) is 4.79 Å². The Morgan fingerprint density at radius 2 is 1.84 bits per heavy atom. The van der Waals surface area contributed by atoms with Gasteiger partial charge in [-0.05, 0) is 24.6 Å². The van der Waals surface area contributed by atoms with Crippen LogP contribution in [0.3, 0.4) is 0 Å². The topological polar surface area (TPSA) is 97.0 Å². The number of halogens is 1. The predicted octanol–water partition coefficient (Wildman–Crippen LogP) is 1.35. The molecule has 4 amide bonds. The lowest BCUT2D eigenvalue weighted by Gasteiger charge is -2.15. The minimum Gasteiger partial charge on any atom is -0.354 e. The molecule has 1 aliphatic rings. The molecule has 1 aromatic carbocycles. The summed E-state index contributed by atoms with van der Waals surface area (Å²) in [5.74, 6) is -0.617. The molecule has 1 heterocycles. The average molecular weight is 414 g/mol. The van der Waals surface area contributed by atoms with Crippen molar-refractivity contribution < 1.29 is 23.9 Å². The molecular formula is C16H20BrN3O5. The number of ether oxygens (including phenoxy) is 2. The zero-order valence-electron chi connectivity index (χ0n) is 14.0. The molecule has 9 heteroatoms. The van der Waals surface area contributed by atoms with Crippen molar-refractivity contribution in [3.8, 4) is 0 Å². The lowest BCUT2D eigenvalue weighted by molar-refractivity contribution is -0.0971. The second-order valence-corrected chi connectivity index (χ2v) is 6.26. The molecule has 1 aliphatic heterocycles. The predicted molar refractivity (Wildman–Crippen MR) is 93.3 cm³/mol. The van der Waals surface area contributed by atoms with Gasteiger partial charge in [-0.15, -0.1) is 0 Å². The number of methoxy groups -OCH3 is 2. The Kier molecular flexibility index (Phi) is 6.91. The van der Waals surface area contributed by atoms with Crippen molar-refractivity contribution in [1.29, 1.82) is 0 Å². The fraction of sp³-hybridized carbons (Fsp3) is 0.438. The first-order valence-corrected chi connectivity index (χ1v) is 8.50. The molecule has 2 N–H and O–H groups in total. The second-order valence-electron chi connectivity index (χ2n) is 5.34. The Bertz CT molecular complexity index is 663. The number of carbonyl (C=O) groups excluding carboxylic acids is 3. The average Bonchev–Trinajstić information content (AvgIpc) is 2.83. The van der Waals surface area contributed by atoms with Gasteiger partial charge in [0.05, 0.1) is 17.7 Å². The van der Waals surface area contributed by atoms with E-state index in [1.165, 1.54) is 19.1 Å². The van der Waals surface area contributed by atoms with Crippen molar-refractivity contribution in [3.05, 3.63) is 33.8 Å². The molecule has 0 aliphatic carbocycles. The van der Waals surface area contributed by atoms with Crippen LogP contribution in [0.1, 0.15) is 27.1 Å². The number of amides is 4. The summed E-state index contributed by atoms with van der Waals surface area (Å²) in [5.41, 5.74) is 0.805. The summed E-state index contributed by atoms with van der Waals surface area (Å²) in [4.78, 5) is 37.4. The van der Waals surface area contributed by atoms with Crippen LogP contribution in [0, 0.1) is 0 Å². The highest BCUT2D eigenvalue weighted by Gasteiger charge is 2.34. The van der Waals surface area contributed by atoms with E-state index in [0.29, 0.717) is 24.1 Å². The number of imide groups is 1. The largest absolute Gasteiger partial charge is 0.354 e. The Hall–Kier alpha value is -1.97. The standard InChI is InChI=1S/C16H20BrN3O5/c1-24-13(25-2)9-19-16(23)18-6-3-7-20-14(21)11-5-4-10(17)8-12(11)15(20)22/h4-5,8,13H,3,6-7,9H2,1-2H3,(H2,18,19,23). The summed E-state index contributed by atoms with van der Waals surface area (Å²) in [5, 5.41) is 5.25. The van der Waals surface area contributed by atoms with Crippen molar-refractivity contribution in [2.24, 2.45) is 0 Å². The van der Waals surface area contributed by atoms with Gasteiger partial charge in [0.15, 0.2) is 6.29 Å². The van der Waals surface area contributed by atoms with Crippen LogP contribution in [-0.2, 0) is 9.47 Å². The molecular weight excluding hydrogens is 394 g/mol. The van der Waals surface area contributed by atoms with Crippen LogP contribution in [0.25, 0.3) is 0 Å². The summed E-state index contributed by atoms with van der Waals surface area (Å²) in [7, 11) is 2.96. The summed E-state index contributed by atoms with van der Waals surface area (Å²) in [6, 6.07) is 4.63. The molecule has 0 bridgehead atoms. The lowest BCUT2D eigenvalue weighted by atomic mass is 10.1. The molecule has 0 saturated heterocycles. The minimum atomic E-state index is -0.511. The molecule has 0 atom stereocenters. The number of fused-ring (bicyclic) bond motifs is 1. The molecule has 0 radical (unpaired) electrons. The van der Waals surface area contributed by atoms with Crippen molar-refractivity contribution >= 4 is 33.8 Å². The Morgan fingerprint density at radius 1 is 1.16 bits per heavy atom. The Balaban J connectivity index is 1.75. The van der Waals surface area contributed by atoms with Crippen LogP contribution in [0.2, 0.25) is 0 Å². The third kappa shape index (κ3) is 4.77. The van der Waals surface area contributed by atoms with Crippen molar-refractivity contribution in [2.45, 2.75) is 12.7 Å². The fourth-order valence-electron chi connectivity index (χ4n) is 2.41. The molecule has 8 nitrogen and oxygen atoms in total. The number of carbonyl (C=O) groups is 3. The summed E-state index contributed by atoms with van der Waals surface area (Å²) in [6.07, 6.45) is -0.0543. The maximum absolute atomic E-state index is 12.3. The summed E-state index contributed by atoms with van der Waals surface area (Å²) < 4.78 is 10.7. The third-order valence-corrected chi connectivity index (χ3v) is 4.23. The fourth-order valence-corrected chi connectivity index (χ4v) is 2.77. The van der Waals surface area contributed by atoms with Gasteiger partial charge < -0.3 is 20.1 Å². The third-order valence-electron chi connectivity index (χ3n) is 3.73. The van der Waals surface area contributed by atoms with Gasteiger partial charge in [-0.3, -0.25) is 14.5 Å². The first kappa shape index (κ1) is 19.4. The normalized spacial score (nSPS) is 13.4. The highest BCUT2D eigenvalue weighted by Crippen LogP contribution is 2.25. The van der Waals surface area contributed by atoms with Gasteiger partial charge in [0.25, 0.3) is 11.8 Å². The molecule has 0 saturated carbocycles. The van der Waals surface area contributed by atoms with E-state index in [1.54, 1.807) is 18.2 Å². The van der Waals surface area contributed by atoms with Gasteiger partial charge in [0.2, 0.25) is 0 Å². The van der Waals surface area contributed by atoms with Crippen molar-refractivity contribution in [2.75, 3.05) is 33.9 Å². The van der Waals surface area contributed by atoms with E-state index < -0.39 is 6.29 Å². The molecule has 1 aromatic rings. The number of nitrogens with zero attached hydrogens (tertiary/aromatic N) is 1. The van der Waals surface area contributed by atoms with Gasteiger partial charge in [-0.1, -0.05) is 15.9 Å². The monoisotopic (exact) mass is 413 g/mol. The zero-order valence-corrected chi connectivity index (χ0v) is 15.6. The molecule has 25 heavy (non-hydrogen) atoms. The van der Waals surface area contributed by atoms with E-state index >= 15 is 0 Å². The van der Waals surface area contributed by atoms with Crippen molar-refractivity contribution in [3.63, 3.8) is 0 Å². The van der Waals surface area contributed by atoms with Crippen LogP contribution in [-0.4, -0.2) is 62.9 Å². The van der Waals surface area contributed by atoms with E-state index in [1.807, 2.05) is 0 Å². The van der Waals surface area contributed by atoms with Crippen LogP contribution < -0.4 is 10.6 Å². The van der Waals surface area contributed by atoms with E-state index in [9.17, 15) is 14.4 Å². The number of hydrogen-bond acceptors (Lipinski definition) is 5. The number of rotatable bonds is 8. The first-order valence-electron chi connectivity index (χ1n) is 7.71. The smallest absolute Gasteiger partial charge is 0.314 e. The molecule has 0 fully saturated rings. The van der Waals surface area contributed by atoms with Crippen LogP contribution in [0.5, 0.6) is 0 Å². The SMILES string of the molecule is COC(CNC(=O)NCCCN1C(=O)c2ccc(Br)cc2C1=O)OC. The van der Waals surface area contributed by atoms with E-state index in [2.05, 4.69) is 26.6 Å². The van der Waals surface area contributed by atoms with Gasteiger partial charge in [0.1, 0.15) is 0 Å². The highest BCUT2D eigenvalue weighted by molar-refractivity contribution is 9.10. The number of benzene rings is 1. The van der Waals surface area contributed by atoms with Crippen LogP contribution in [0.15, 0.2) is 22.7 Å². The first-order chi connectivity index (χ1) is 12.0. The Morgan fingerprint density at radius 3 is 2.52 bits per heavy atom. The van der Waals surface area contributed by atoms with Crippen molar-refractivity contribution in [1.82, 2.24) is 15.5 Å². The van der Waals surface area contributed by atoms with E-state index in [-0.39, 0.29) is 30.9 Å². The van der Waals surface area contributed by atoms with Crippen LogP contribution >= 0.6 is 15.9 Å². The van der Waals surface area contributed by atoms with E-state index in [0.717, 1.165) is 4.47 Å². The number of hydrogen-bond donors (Lipinski definition) is 2. The van der Waals surface area contributed by atoms with E-state index in [4.69, 9.17) is 9.47 Å². The molecule has 0 unspecified atom stereocenters. The molecule has 136 valence electrons. The van der Waals surface area contributed by atoms with Gasteiger partial charge in [0, 0.05) is 31.8 Å². The Labute approximate surface area is 154 Å². The maximum atomic E-state index is 12.3. The molecule has 2 rings (SSSR count). The molecule has 0 spiro atoms. The molecule has 0 aromatic heterocycles. The zero-order chi connectivity index (χ0) is 18.4. The lowest BCUT2D eigenvalue weighted by Crippen LogP contribution is -2.41. The van der Waals surface area contributed by atoms with Gasteiger partial charge in [-0.2, -0.15) is 0 Å². The maximum Gasteiger partial charge on any atom is 0.314 e. The second kappa shape index (κ2) is 8.93. The number of urea groups is 1. The van der Waals surface area contributed by atoms with Gasteiger partial charge >= 0.3 is 6.03 Å². The summed E-state index contributed by atoms with van der Waals surface area (Å²) in [6.45, 7) is 0.780. The quantitative estimate of drug-likeness (QED) is 0.380.